The van der Waals surface area contributed by atoms with E-state index in [0.717, 1.165) is 11.3 Å². The van der Waals surface area contributed by atoms with E-state index in [1.54, 1.807) is 6.07 Å². The Morgan fingerprint density at radius 1 is 1.36 bits per heavy atom. The standard InChI is InChI=1S/C10H11Cl2NO/c1-6-8(13(2)3)5-4-7(9(6)11)10(12)14/h4-5H,1-3H3. The van der Waals surface area contributed by atoms with E-state index in [1.807, 2.05) is 32.0 Å². The lowest BCUT2D eigenvalue weighted by molar-refractivity contribution is 0.108. The third kappa shape index (κ3) is 2.02. The Morgan fingerprint density at radius 3 is 2.36 bits per heavy atom. The van der Waals surface area contributed by atoms with Gasteiger partial charge in [-0.3, -0.25) is 4.79 Å². The normalized spacial score (nSPS) is 10.1. The molecule has 0 radical (unpaired) electrons. The molecule has 0 aliphatic heterocycles. The molecule has 1 aromatic rings. The van der Waals surface area contributed by atoms with Crippen molar-refractivity contribution in [2.45, 2.75) is 6.92 Å². The number of hydrogen-bond acceptors (Lipinski definition) is 2. The van der Waals surface area contributed by atoms with Crippen molar-refractivity contribution in [2.24, 2.45) is 0 Å². The number of carbonyl (C=O) groups excluding carboxylic acids is 1. The quantitative estimate of drug-likeness (QED) is 0.730. The van der Waals surface area contributed by atoms with Gasteiger partial charge in [0, 0.05) is 19.8 Å². The summed E-state index contributed by atoms with van der Waals surface area (Å²) in [6, 6.07) is 3.47. The Morgan fingerprint density at radius 2 is 1.93 bits per heavy atom. The van der Waals surface area contributed by atoms with Crippen LogP contribution in [0.3, 0.4) is 0 Å². The van der Waals surface area contributed by atoms with Crippen LogP contribution in [-0.2, 0) is 0 Å². The molecule has 0 saturated heterocycles. The van der Waals surface area contributed by atoms with E-state index in [2.05, 4.69) is 0 Å². The van der Waals surface area contributed by atoms with Crippen LogP contribution in [0.15, 0.2) is 12.1 Å². The summed E-state index contributed by atoms with van der Waals surface area (Å²) in [5, 5.41) is -0.0976. The number of benzene rings is 1. The Kier molecular flexibility index (Phi) is 3.40. The summed E-state index contributed by atoms with van der Waals surface area (Å²) >= 11 is 11.4. The largest absolute Gasteiger partial charge is 0.377 e. The van der Waals surface area contributed by atoms with Crippen molar-refractivity contribution >= 4 is 34.1 Å². The minimum atomic E-state index is -0.525. The highest BCUT2D eigenvalue weighted by molar-refractivity contribution is 6.68. The molecule has 1 rings (SSSR count). The molecule has 76 valence electrons. The number of hydrogen-bond donors (Lipinski definition) is 0. The first kappa shape index (κ1) is 11.3. The van der Waals surface area contributed by atoms with Gasteiger partial charge >= 0.3 is 0 Å². The number of rotatable bonds is 2. The van der Waals surface area contributed by atoms with E-state index in [-0.39, 0.29) is 0 Å². The fourth-order valence-electron chi connectivity index (χ4n) is 1.31. The second-order valence-corrected chi connectivity index (χ2v) is 3.96. The van der Waals surface area contributed by atoms with Gasteiger partial charge in [0.05, 0.1) is 10.6 Å². The highest BCUT2D eigenvalue weighted by atomic mass is 35.5. The van der Waals surface area contributed by atoms with Crippen molar-refractivity contribution in [1.29, 1.82) is 0 Å². The zero-order chi connectivity index (χ0) is 10.9. The minimum Gasteiger partial charge on any atom is -0.377 e. The molecular weight excluding hydrogens is 221 g/mol. The van der Waals surface area contributed by atoms with Crippen LogP contribution in [0.1, 0.15) is 15.9 Å². The van der Waals surface area contributed by atoms with E-state index >= 15 is 0 Å². The van der Waals surface area contributed by atoms with Crippen molar-refractivity contribution in [3.05, 3.63) is 28.3 Å². The number of halogens is 2. The van der Waals surface area contributed by atoms with E-state index in [4.69, 9.17) is 23.2 Å². The average Bonchev–Trinajstić information content (AvgIpc) is 2.08. The summed E-state index contributed by atoms with van der Waals surface area (Å²) < 4.78 is 0. The molecule has 4 heteroatoms. The first-order valence-corrected chi connectivity index (χ1v) is 4.87. The average molecular weight is 232 g/mol. The Labute approximate surface area is 93.4 Å². The van der Waals surface area contributed by atoms with E-state index in [0.29, 0.717) is 10.6 Å². The van der Waals surface area contributed by atoms with E-state index < -0.39 is 5.24 Å². The van der Waals surface area contributed by atoms with Crippen LogP contribution < -0.4 is 4.90 Å². The van der Waals surface area contributed by atoms with Gasteiger partial charge in [-0.2, -0.15) is 0 Å². The summed E-state index contributed by atoms with van der Waals surface area (Å²) in [6.07, 6.45) is 0. The number of anilines is 1. The van der Waals surface area contributed by atoms with Gasteiger partial charge < -0.3 is 4.90 Å². The van der Waals surface area contributed by atoms with Crippen LogP contribution in [0.4, 0.5) is 5.69 Å². The van der Waals surface area contributed by atoms with Crippen LogP contribution in [0, 0.1) is 6.92 Å². The molecule has 0 bridgehead atoms. The molecule has 0 heterocycles. The summed E-state index contributed by atoms with van der Waals surface area (Å²) in [7, 11) is 3.84. The highest BCUT2D eigenvalue weighted by Crippen LogP contribution is 2.29. The molecule has 0 fully saturated rings. The fourth-order valence-corrected chi connectivity index (χ4v) is 1.76. The third-order valence-corrected chi connectivity index (χ3v) is 2.74. The van der Waals surface area contributed by atoms with Crippen molar-refractivity contribution in [3.63, 3.8) is 0 Å². The molecule has 0 aromatic heterocycles. The predicted octanol–water partition coefficient (Wildman–Crippen LogP) is 3.09. The molecule has 0 N–H and O–H groups in total. The molecule has 1 aromatic carbocycles. The van der Waals surface area contributed by atoms with Gasteiger partial charge in [-0.25, -0.2) is 0 Å². The van der Waals surface area contributed by atoms with Gasteiger partial charge in [0.15, 0.2) is 0 Å². The van der Waals surface area contributed by atoms with Gasteiger partial charge in [0.2, 0.25) is 0 Å². The molecule has 0 aliphatic carbocycles. The SMILES string of the molecule is Cc1c(N(C)C)ccc(C(=O)Cl)c1Cl. The van der Waals surface area contributed by atoms with Crippen LogP contribution in [0.5, 0.6) is 0 Å². The molecular formula is C10H11Cl2NO. The van der Waals surface area contributed by atoms with Crippen LogP contribution >= 0.6 is 23.2 Å². The Bertz CT molecular complexity index is 375. The Balaban J connectivity index is 3.33. The Hall–Kier alpha value is -0.730. The third-order valence-electron chi connectivity index (χ3n) is 2.05. The maximum absolute atomic E-state index is 11.0. The van der Waals surface area contributed by atoms with E-state index in [9.17, 15) is 4.79 Å². The summed E-state index contributed by atoms with van der Waals surface area (Å²) in [4.78, 5) is 12.9. The molecule has 0 atom stereocenters. The van der Waals surface area contributed by atoms with Gasteiger partial charge in [-0.15, -0.1) is 0 Å². The summed E-state index contributed by atoms with van der Waals surface area (Å²) in [6.45, 7) is 1.86. The van der Waals surface area contributed by atoms with Crippen molar-refractivity contribution in [1.82, 2.24) is 0 Å². The zero-order valence-electron chi connectivity index (χ0n) is 8.27. The zero-order valence-corrected chi connectivity index (χ0v) is 9.78. The second-order valence-electron chi connectivity index (χ2n) is 3.24. The van der Waals surface area contributed by atoms with Crippen LogP contribution in [0.2, 0.25) is 5.02 Å². The minimum absolute atomic E-state index is 0.358. The van der Waals surface area contributed by atoms with Crippen molar-refractivity contribution < 1.29 is 4.79 Å². The first-order valence-electron chi connectivity index (χ1n) is 4.11. The molecule has 14 heavy (non-hydrogen) atoms. The lowest BCUT2D eigenvalue weighted by Crippen LogP contribution is -2.11. The second kappa shape index (κ2) is 4.20. The van der Waals surface area contributed by atoms with Crippen LogP contribution in [-0.4, -0.2) is 19.3 Å². The molecule has 0 aliphatic rings. The van der Waals surface area contributed by atoms with Gasteiger partial charge in [0.1, 0.15) is 0 Å². The topological polar surface area (TPSA) is 20.3 Å². The molecule has 2 nitrogen and oxygen atoms in total. The lowest BCUT2D eigenvalue weighted by Gasteiger charge is -2.17. The summed E-state index contributed by atoms with van der Waals surface area (Å²) in [5.74, 6) is 0. The van der Waals surface area contributed by atoms with Gasteiger partial charge in [-0.1, -0.05) is 11.6 Å². The smallest absolute Gasteiger partial charge is 0.253 e. The monoisotopic (exact) mass is 231 g/mol. The maximum Gasteiger partial charge on any atom is 0.253 e. The molecule has 0 unspecified atom stereocenters. The van der Waals surface area contributed by atoms with Crippen molar-refractivity contribution in [3.8, 4) is 0 Å². The fraction of sp³-hybridized carbons (Fsp3) is 0.300. The van der Waals surface area contributed by atoms with Crippen LogP contribution in [0.25, 0.3) is 0 Å². The number of carbonyl (C=O) groups is 1. The first-order chi connectivity index (χ1) is 6.45. The highest BCUT2D eigenvalue weighted by Gasteiger charge is 2.13. The molecule has 0 saturated carbocycles. The maximum atomic E-state index is 11.0. The predicted molar refractivity (Wildman–Crippen MR) is 60.7 cm³/mol. The van der Waals surface area contributed by atoms with Crippen molar-refractivity contribution in [2.75, 3.05) is 19.0 Å². The molecule has 0 amide bonds. The van der Waals surface area contributed by atoms with Gasteiger partial charge in [-0.05, 0) is 36.2 Å². The van der Waals surface area contributed by atoms with E-state index in [1.165, 1.54) is 0 Å². The number of nitrogens with zero attached hydrogens (tertiary/aromatic N) is 1. The lowest BCUT2D eigenvalue weighted by atomic mass is 10.1. The summed E-state index contributed by atoms with van der Waals surface area (Å²) in [5.41, 5.74) is 2.20. The molecule has 0 spiro atoms. The van der Waals surface area contributed by atoms with Gasteiger partial charge in [0.25, 0.3) is 5.24 Å².